The Morgan fingerprint density at radius 3 is 2.37 bits per heavy atom. The number of rotatable bonds is 3. The SMILES string of the molecule is O=[N+]([O-])c1ccc(C(O)c2cc(F)c(F)cc2F)o1. The zero-order chi connectivity index (χ0) is 14.2. The van der Waals surface area contributed by atoms with E-state index >= 15 is 0 Å². The van der Waals surface area contributed by atoms with Crippen molar-refractivity contribution in [2.45, 2.75) is 6.10 Å². The summed E-state index contributed by atoms with van der Waals surface area (Å²) in [6.45, 7) is 0. The van der Waals surface area contributed by atoms with Gasteiger partial charge in [0, 0.05) is 11.6 Å². The lowest BCUT2D eigenvalue weighted by molar-refractivity contribution is -0.402. The zero-order valence-corrected chi connectivity index (χ0v) is 9.14. The van der Waals surface area contributed by atoms with Crippen molar-refractivity contribution in [3.63, 3.8) is 0 Å². The van der Waals surface area contributed by atoms with Gasteiger partial charge in [-0.05, 0) is 12.1 Å². The highest BCUT2D eigenvalue weighted by Gasteiger charge is 2.23. The van der Waals surface area contributed by atoms with E-state index in [0.29, 0.717) is 6.07 Å². The van der Waals surface area contributed by atoms with Crippen molar-refractivity contribution < 1.29 is 27.6 Å². The van der Waals surface area contributed by atoms with E-state index in [-0.39, 0.29) is 11.8 Å². The molecular formula is C11H6F3NO4. The highest BCUT2D eigenvalue weighted by molar-refractivity contribution is 5.29. The number of nitrogens with zero attached hydrogens (tertiary/aromatic N) is 1. The molecule has 0 aliphatic rings. The number of halogens is 3. The van der Waals surface area contributed by atoms with Crippen LogP contribution in [0, 0.1) is 27.6 Å². The van der Waals surface area contributed by atoms with Gasteiger partial charge in [-0.1, -0.05) is 0 Å². The Kier molecular flexibility index (Phi) is 3.26. The summed E-state index contributed by atoms with van der Waals surface area (Å²) in [6, 6.07) is 2.73. The van der Waals surface area contributed by atoms with E-state index in [1.807, 2.05) is 0 Å². The van der Waals surface area contributed by atoms with Gasteiger partial charge in [0.2, 0.25) is 0 Å². The second-order valence-corrected chi connectivity index (χ2v) is 3.62. The van der Waals surface area contributed by atoms with E-state index < -0.39 is 39.9 Å². The van der Waals surface area contributed by atoms with Crippen LogP contribution >= 0.6 is 0 Å². The molecule has 0 aliphatic heterocycles. The van der Waals surface area contributed by atoms with Crippen molar-refractivity contribution in [2.24, 2.45) is 0 Å². The summed E-state index contributed by atoms with van der Waals surface area (Å²) in [5, 5.41) is 20.1. The largest absolute Gasteiger partial charge is 0.433 e. The van der Waals surface area contributed by atoms with Crippen molar-refractivity contribution in [3.8, 4) is 0 Å². The van der Waals surface area contributed by atoms with Gasteiger partial charge in [-0.2, -0.15) is 0 Å². The molecule has 0 aliphatic carbocycles. The lowest BCUT2D eigenvalue weighted by atomic mass is 10.1. The van der Waals surface area contributed by atoms with E-state index in [2.05, 4.69) is 4.42 Å². The van der Waals surface area contributed by atoms with Crippen LogP contribution in [0.1, 0.15) is 17.4 Å². The summed E-state index contributed by atoms with van der Waals surface area (Å²) in [5.74, 6) is -4.95. The summed E-state index contributed by atoms with van der Waals surface area (Å²) in [6.07, 6.45) is -1.77. The Bertz CT molecular complexity index is 641. The minimum Gasteiger partial charge on any atom is -0.403 e. The van der Waals surface area contributed by atoms with Gasteiger partial charge in [0.1, 0.15) is 22.6 Å². The third-order valence-electron chi connectivity index (χ3n) is 2.40. The Morgan fingerprint density at radius 1 is 1.16 bits per heavy atom. The molecule has 2 aromatic rings. The first-order chi connectivity index (χ1) is 8.90. The van der Waals surface area contributed by atoms with Gasteiger partial charge < -0.3 is 9.52 Å². The summed E-state index contributed by atoms with van der Waals surface area (Å²) in [7, 11) is 0. The van der Waals surface area contributed by atoms with E-state index in [1.165, 1.54) is 0 Å². The Labute approximate surface area is 104 Å². The molecule has 0 radical (unpaired) electrons. The molecule has 0 spiro atoms. The lowest BCUT2D eigenvalue weighted by Gasteiger charge is -2.09. The first-order valence-electron chi connectivity index (χ1n) is 4.96. The molecule has 0 saturated heterocycles. The maximum atomic E-state index is 13.4. The number of aliphatic hydroxyl groups excluding tert-OH is 1. The van der Waals surface area contributed by atoms with Gasteiger partial charge in [0.05, 0.1) is 6.07 Å². The molecule has 1 atom stereocenters. The number of aliphatic hydroxyl groups is 1. The monoisotopic (exact) mass is 273 g/mol. The molecule has 0 amide bonds. The van der Waals surface area contributed by atoms with E-state index in [0.717, 1.165) is 12.1 Å². The average Bonchev–Trinajstić information content (AvgIpc) is 2.82. The Hall–Kier alpha value is -2.35. The van der Waals surface area contributed by atoms with E-state index in [1.54, 1.807) is 0 Å². The number of hydrogen-bond donors (Lipinski definition) is 1. The quantitative estimate of drug-likeness (QED) is 0.530. The van der Waals surface area contributed by atoms with Gasteiger partial charge in [-0.15, -0.1) is 0 Å². The molecule has 1 aromatic heterocycles. The topological polar surface area (TPSA) is 76.5 Å². The zero-order valence-electron chi connectivity index (χ0n) is 9.14. The average molecular weight is 273 g/mol. The van der Waals surface area contributed by atoms with Crippen molar-refractivity contribution >= 4 is 5.88 Å². The van der Waals surface area contributed by atoms with Crippen LogP contribution in [0.25, 0.3) is 0 Å². The fourth-order valence-electron chi connectivity index (χ4n) is 1.49. The molecule has 1 N–H and O–H groups in total. The molecule has 100 valence electrons. The van der Waals surface area contributed by atoms with E-state index in [9.17, 15) is 28.4 Å². The molecule has 1 unspecified atom stereocenters. The van der Waals surface area contributed by atoms with Crippen LogP contribution in [0.3, 0.4) is 0 Å². The van der Waals surface area contributed by atoms with Crippen LogP contribution in [-0.2, 0) is 0 Å². The third-order valence-corrected chi connectivity index (χ3v) is 2.40. The minimum absolute atomic E-state index is 0.269. The van der Waals surface area contributed by atoms with Gasteiger partial charge in [0.25, 0.3) is 0 Å². The normalized spacial score (nSPS) is 12.4. The van der Waals surface area contributed by atoms with Crippen LogP contribution in [0.4, 0.5) is 19.1 Å². The summed E-state index contributed by atoms with van der Waals surface area (Å²) >= 11 is 0. The molecule has 0 bridgehead atoms. The van der Waals surface area contributed by atoms with E-state index in [4.69, 9.17) is 0 Å². The maximum absolute atomic E-state index is 13.4. The van der Waals surface area contributed by atoms with Crippen LogP contribution in [0.5, 0.6) is 0 Å². The molecule has 1 heterocycles. The third kappa shape index (κ3) is 2.43. The van der Waals surface area contributed by atoms with Crippen molar-refractivity contribution in [2.75, 3.05) is 0 Å². The Balaban J connectivity index is 2.40. The summed E-state index contributed by atoms with van der Waals surface area (Å²) in [5.41, 5.74) is -0.580. The number of benzene rings is 1. The molecule has 0 saturated carbocycles. The van der Waals surface area contributed by atoms with Gasteiger partial charge >= 0.3 is 5.88 Å². The predicted molar refractivity (Wildman–Crippen MR) is 55.7 cm³/mol. The minimum atomic E-state index is -1.77. The van der Waals surface area contributed by atoms with Crippen LogP contribution < -0.4 is 0 Å². The highest BCUT2D eigenvalue weighted by Crippen LogP contribution is 2.29. The molecule has 8 heteroatoms. The number of nitro groups is 1. The summed E-state index contributed by atoms with van der Waals surface area (Å²) < 4.78 is 43.7. The molecule has 0 fully saturated rings. The van der Waals surface area contributed by atoms with Gasteiger partial charge in [-0.3, -0.25) is 10.1 Å². The van der Waals surface area contributed by atoms with Crippen molar-refractivity contribution in [1.82, 2.24) is 0 Å². The summed E-state index contributed by atoms with van der Waals surface area (Å²) in [4.78, 5) is 9.54. The number of furan rings is 1. The lowest BCUT2D eigenvalue weighted by Crippen LogP contribution is -2.03. The van der Waals surface area contributed by atoms with Gasteiger partial charge in [-0.25, -0.2) is 13.2 Å². The molecule has 1 aromatic carbocycles. The smallest absolute Gasteiger partial charge is 0.403 e. The first-order valence-corrected chi connectivity index (χ1v) is 4.96. The molecular weight excluding hydrogens is 267 g/mol. The standard InChI is InChI=1S/C11H6F3NO4/c12-6-4-8(14)7(13)3-5(6)11(16)9-1-2-10(19-9)15(17)18/h1-4,11,16H. The molecule has 19 heavy (non-hydrogen) atoms. The second-order valence-electron chi connectivity index (χ2n) is 3.62. The fourth-order valence-corrected chi connectivity index (χ4v) is 1.49. The second kappa shape index (κ2) is 4.73. The van der Waals surface area contributed by atoms with Gasteiger partial charge in [0.15, 0.2) is 11.6 Å². The molecule has 5 nitrogen and oxygen atoms in total. The van der Waals surface area contributed by atoms with Crippen molar-refractivity contribution in [1.29, 1.82) is 0 Å². The van der Waals surface area contributed by atoms with Crippen LogP contribution in [0.2, 0.25) is 0 Å². The van der Waals surface area contributed by atoms with Crippen LogP contribution in [0.15, 0.2) is 28.7 Å². The predicted octanol–water partition coefficient (Wildman–Crippen LogP) is 2.69. The highest BCUT2D eigenvalue weighted by atomic mass is 19.2. The first kappa shape index (κ1) is 13.1. The fraction of sp³-hybridized carbons (Fsp3) is 0.0909. The number of hydrogen-bond acceptors (Lipinski definition) is 4. The molecule has 2 rings (SSSR count). The van der Waals surface area contributed by atoms with Crippen molar-refractivity contribution in [3.05, 3.63) is 63.2 Å². The van der Waals surface area contributed by atoms with Crippen LogP contribution in [-0.4, -0.2) is 10.0 Å². The maximum Gasteiger partial charge on any atom is 0.433 e. The Morgan fingerprint density at radius 2 is 1.79 bits per heavy atom.